The van der Waals surface area contributed by atoms with Crippen molar-refractivity contribution in [3.05, 3.63) is 21.4 Å². The Labute approximate surface area is 88.0 Å². The predicted octanol–water partition coefficient (Wildman–Crippen LogP) is 1.27. The molecule has 1 aromatic heterocycles. The molecule has 0 fully saturated rings. The Bertz CT molecular complexity index is 333. The number of thiophene rings is 1. The maximum absolute atomic E-state index is 5.56. The molecule has 0 saturated carbocycles. The van der Waals surface area contributed by atoms with Crippen molar-refractivity contribution in [2.45, 2.75) is 25.8 Å². The molecule has 0 saturated heterocycles. The standard InChI is InChI=1S/C10H15N3S/c1-12-10(11)13-6-8-5-7-3-2-4-9(7)14-8/h5H,2-4,6H2,1H3,(H3,11,12,13). The van der Waals surface area contributed by atoms with Gasteiger partial charge in [0.15, 0.2) is 5.96 Å². The third kappa shape index (κ3) is 1.90. The zero-order valence-corrected chi connectivity index (χ0v) is 9.16. The SMILES string of the molecule is CN=C(N)NCc1cc2c(s1)CCC2. The number of rotatable bonds is 2. The Balaban J connectivity index is 1.97. The number of nitrogens with zero attached hydrogens (tertiary/aromatic N) is 1. The second-order valence-electron chi connectivity index (χ2n) is 3.48. The molecule has 0 radical (unpaired) electrons. The molecule has 2 rings (SSSR count). The minimum absolute atomic E-state index is 0.513. The molecule has 1 aliphatic carbocycles. The lowest BCUT2D eigenvalue weighted by Gasteiger charge is -2.01. The summed E-state index contributed by atoms with van der Waals surface area (Å²) in [6.45, 7) is 0.806. The minimum Gasteiger partial charge on any atom is -0.370 e. The van der Waals surface area contributed by atoms with E-state index in [1.54, 1.807) is 17.5 Å². The lowest BCUT2D eigenvalue weighted by molar-refractivity contribution is 0.899. The maximum Gasteiger partial charge on any atom is 0.188 e. The molecule has 14 heavy (non-hydrogen) atoms. The highest BCUT2D eigenvalue weighted by atomic mass is 32.1. The summed E-state index contributed by atoms with van der Waals surface area (Å²) in [5.41, 5.74) is 7.10. The third-order valence-corrected chi connectivity index (χ3v) is 3.72. The zero-order chi connectivity index (χ0) is 9.97. The van der Waals surface area contributed by atoms with E-state index >= 15 is 0 Å². The Morgan fingerprint density at radius 2 is 2.50 bits per heavy atom. The molecule has 1 aromatic rings. The number of nitrogens with two attached hydrogens (primary N) is 1. The van der Waals surface area contributed by atoms with Crippen molar-refractivity contribution in [2.75, 3.05) is 7.05 Å². The smallest absolute Gasteiger partial charge is 0.188 e. The van der Waals surface area contributed by atoms with E-state index in [1.807, 2.05) is 11.3 Å². The molecule has 1 aliphatic rings. The van der Waals surface area contributed by atoms with Gasteiger partial charge in [-0.3, -0.25) is 4.99 Å². The molecular weight excluding hydrogens is 194 g/mol. The molecule has 0 amide bonds. The fourth-order valence-electron chi connectivity index (χ4n) is 1.73. The van der Waals surface area contributed by atoms with Crippen LogP contribution in [0.1, 0.15) is 21.7 Å². The van der Waals surface area contributed by atoms with Crippen molar-refractivity contribution in [1.82, 2.24) is 5.32 Å². The van der Waals surface area contributed by atoms with Gasteiger partial charge in [-0.25, -0.2) is 0 Å². The molecule has 3 N–H and O–H groups in total. The van der Waals surface area contributed by atoms with Crippen LogP contribution in [0, 0.1) is 0 Å². The zero-order valence-electron chi connectivity index (χ0n) is 8.34. The number of guanidine groups is 1. The van der Waals surface area contributed by atoms with Gasteiger partial charge in [-0.1, -0.05) is 0 Å². The molecule has 76 valence electrons. The molecule has 0 bridgehead atoms. The second kappa shape index (κ2) is 4.00. The summed E-state index contributed by atoms with van der Waals surface area (Å²) in [7, 11) is 1.69. The summed E-state index contributed by atoms with van der Waals surface area (Å²) in [6, 6.07) is 2.29. The summed E-state index contributed by atoms with van der Waals surface area (Å²) in [4.78, 5) is 6.78. The van der Waals surface area contributed by atoms with E-state index in [4.69, 9.17) is 5.73 Å². The van der Waals surface area contributed by atoms with Crippen LogP contribution in [0.5, 0.6) is 0 Å². The van der Waals surface area contributed by atoms with Gasteiger partial charge in [0.05, 0.1) is 6.54 Å². The number of hydrogen-bond acceptors (Lipinski definition) is 2. The molecule has 3 nitrogen and oxygen atoms in total. The average molecular weight is 209 g/mol. The highest BCUT2D eigenvalue weighted by molar-refractivity contribution is 7.12. The molecule has 0 atom stereocenters. The maximum atomic E-state index is 5.56. The van der Waals surface area contributed by atoms with Crippen LogP contribution >= 0.6 is 11.3 Å². The fraction of sp³-hybridized carbons (Fsp3) is 0.500. The van der Waals surface area contributed by atoms with E-state index in [1.165, 1.54) is 24.1 Å². The van der Waals surface area contributed by atoms with Crippen LogP contribution in [0.3, 0.4) is 0 Å². The Hall–Kier alpha value is -1.03. The first-order valence-corrected chi connectivity index (χ1v) is 5.68. The van der Waals surface area contributed by atoms with Crippen LogP contribution in [0.2, 0.25) is 0 Å². The summed E-state index contributed by atoms with van der Waals surface area (Å²) >= 11 is 1.90. The van der Waals surface area contributed by atoms with Gasteiger partial charge in [-0.05, 0) is 30.9 Å². The summed E-state index contributed by atoms with van der Waals surface area (Å²) in [5, 5.41) is 3.08. The van der Waals surface area contributed by atoms with Gasteiger partial charge in [0.2, 0.25) is 0 Å². The molecular formula is C10H15N3S. The van der Waals surface area contributed by atoms with E-state index in [0.717, 1.165) is 6.54 Å². The summed E-state index contributed by atoms with van der Waals surface area (Å²) in [5.74, 6) is 0.513. The average Bonchev–Trinajstić information content (AvgIpc) is 2.73. The fourth-order valence-corrected chi connectivity index (χ4v) is 2.93. The Kier molecular flexibility index (Phi) is 2.72. The highest BCUT2D eigenvalue weighted by Gasteiger charge is 2.14. The van der Waals surface area contributed by atoms with Gasteiger partial charge >= 0.3 is 0 Å². The lowest BCUT2D eigenvalue weighted by Crippen LogP contribution is -2.30. The third-order valence-electron chi connectivity index (χ3n) is 2.48. The van der Waals surface area contributed by atoms with Crippen LogP contribution < -0.4 is 11.1 Å². The molecule has 1 heterocycles. The minimum atomic E-state index is 0.513. The van der Waals surface area contributed by atoms with Gasteiger partial charge in [-0.15, -0.1) is 11.3 Å². The van der Waals surface area contributed by atoms with E-state index in [0.29, 0.717) is 5.96 Å². The Morgan fingerprint density at radius 1 is 1.64 bits per heavy atom. The van der Waals surface area contributed by atoms with Gasteiger partial charge < -0.3 is 11.1 Å². The van der Waals surface area contributed by atoms with E-state index < -0.39 is 0 Å². The van der Waals surface area contributed by atoms with Crippen LogP contribution in [-0.4, -0.2) is 13.0 Å². The number of fused-ring (bicyclic) bond motifs is 1. The Morgan fingerprint density at radius 3 is 3.21 bits per heavy atom. The number of hydrogen-bond donors (Lipinski definition) is 2. The van der Waals surface area contributed by atoms with Gasteiger partial charge in [0, 0.05) is 16.8 Å². The van der Waals surface area contributed by atoms with Crippen molar-refractivity contribution >= 4 is 17.3 Å². The van der Waals surface area contributed by atoms with Crippen molar-refractivity contribution in [3.63, 3.8) is 0 Å². The van der Waals surface area contributed by atoms with Crippen LogP contribution in [0.4, 0.5) is 0 Å². The first kappa shape index (κ1) is 9.52. The van der Waals surface area contributed by atoms with Crippen molar-refractivity contribution in [3.8, 4) is 0 Å². The first-order valence-electron chi connectivity index (χ1n) is 4.86. The van der Waals surface area contributed by atoms with Crippen molar-refractivity contribution in [1.29, 1.82) is 0 Å². The number of aliphatic imine (C=N–C) groups is 1. The molecule has 4 heteroatoms. The van der Waals surface area contributed by atoms with Gasteiger partial charge in [-0.2, -0.15) is 0 Å². The first-order chi connectivity index (χ1) is 6.79. The van der Waals surface area contributed by atoms with Crippen LogP contribution in [0.25, 0.3) is 0 Å². The van der Waals surface area contributed by atoms with Crippen molar-refractivity contribution < 1.29 is 0 Å². The summed E-state index contributed by atoms with van der Waals surface area (Å²) in [6.07, 6.45) is 3.84. The van der Waals surface area contributed by atoms with E-state index in [2.05, 4.69) is 16.4 Å². The predicted molar refractivity (Wildman–Crippen MR) is 60.7 cm³/mol. The quantitative estimate of drug-likeness (QED) is 0.569. The van der Waals surface area contributed by atoms with Crippen molar-refractivity contribution in [2.24, 2.45) is 10.7 Å². The monoisotopic (exact) mass is 209 g/mol. The number of nitrogens with one attached hydrogen (secondary N) is 1. The second-order valence-corrected chi connectivity index (χ2v) is 4.70. The van der Waals surface area contributed by atoms with Gasteiger partial charge in [0.1, 0.15) is 0 Å². The van der Waals surface area contributed by atoms with Crippen LogP contribution in [-0.2, 0) is 19.4 Å². The molecule has 0 unspecified atom stereocenters. The van der Waals surface area contributed by atoms with Crippen LogP contribution in [0.15, 0.2) is 11.1 Å². The lowest BCUT2D eigenvalue weighted by atomic mass is 10.2. The molecule has 0 spiro atoms. The topological polar surface area (TPSA) is 50.4 Å². The largest absolute Gasteiger partial charge is 0.370 e. The van der Waals surface area contributed by atoms with E-state index in [-0.39, 0.29) is 0 Å². The molecule has 0 aromatic carbocycles. The van der Waals surface area contributed by atoms with E-state index in [9.17, 15) is 0 Å². The normalized spacial score (nSPS) is 15.6. The summed E-state index contributed by atoms with van der Waals surface area (Å²) < 4.78 is 0. The van der Waals surface area contributed by atoms with Gasteiger partial charge in [0.25, 0.3) is 0 Å². The highest BCUT2D eigenvalue weighted by Crippen LogP contribution is 2.30. The number of aryl methyl sites for hydroxylation is 2. The molecule has 0 aliphatic heterocycles.